The van der Waals surface area contributed by atoms with Gasteiger partial charge in [-0.05, 0) is 0 Å². The van der Waals surface area contributed by atoms with E-state index in [1.165, 1.54) is 17.1 Å². The molecule has 116 valence electrons. The Hall–Kier alpha value is -2.62. The summed E-state index contributed by atoms with van der Waals surface area (Å²) in [7, 11) is 1.55. The van der Waals surface area contributed by atoms with Gasteiger partial charge in [0.25, 0.3) is 0 Å². The third-order valence-corrected chi connectivity index (χ3v) is 2.40. The molecule has 0 saturated carbocycles. The van der Waals surface area contributed by atoms with Gasteiger partial charge < -0.3 is 25.6 Å². The summed E-state index contributed by atoms with van der Waals surface area (Å²) in [6.07, 6.45) is 2.20. The Bertz CT molecular complexity index is 515. The van der Waals surface area contributed by atoms with Gasteiger partial charge in [-0.3, -0.25) is 9.48 Å². The molecule has 0 saturated heterocycles. The number of aliphatic carboxylic acids is 2. The fraction of sp³-hybridized carbons (Fsp3) is 0.455. The molecule has 4 N–H and O–H groups in total. The van der Waals surface area contributed by atoms with E-state index in [1.807, 2.05) is 0 Å². The van der Waals surface area contributed by atoms with Gasteiger partial charge in [0, 0.05) is 13.3 Å². The highest BCUT2D eigenvalue weighted by molar-refractivity contribution is 5.93. The molecule has 0 aliphatic rings. The number of carboxylic acid groups (broad SMARTS) is 2. The number of hydrogen-bond acceptors (Lipinski definition) is 5. The van der Waals surface area contributed by atoms with Gasteiger partial charge >= 0.3 is 18.0 Å². The molecule has 0 aliphatic carbocycles. The van der Waals surface area contributed by atoms with Crippen molar-refractivity contribution < 1.29 is 29.3 Å². The molecule has 0 spiro atoms. The van der Waals surface area contributed by atoms with E-state index in [0.717, 1.165) is 0 Å². The van der Waals surface area contributed by atoms with E-state index in [0.29, 0.717) is 18.8 Å². The third kappa shape index (κ3) is 5.91. The van der Waals surface area contributed by atoms with E-state index in [-0.39, 0.29) is 0 Å². The van der Waals surface area contributed by atoms with E-state index in [1.54, 1.807) is 7.11 Å². The van der Waals surface area contributed by atoms with Gasteiger partial charge in [0.1, 0.15) is 6.04 Å². The summed E-state index contributed by atoms with van der Waals surface area (Å²) in [5.41, 5.74) is 0.350. The van der Waals surface area contributed by atoms with Crippen molar-refractivity contribution in [3.05, 3.63) is 12.4 Å². The van der Waals surface area contributed by atoms with E-state index < -0.39 is 30.4 Å². The van der Waals surface area contributed by atoms with Gasteiger partial charge in [0.2, 0.25) is 0 Å². The zero-order chi connectivity index (χ0) is 15.8. The molecule has 1 heterocycles. The van der Waals surface area contributed by atoms with Crippen LogP contribution in [0.1, 0.15) is 6.42 Å². The molecule has 10 heteroatoms. The lowest BCUT2D eigenvalue weighted by Gasteiger charge is -2.12. The smallest absolute Gasteiger partial charge is 0.326 e. The number of carbonyl (C=O) groups excluding carboxylic acids is 1. The summed E-state index contributed by atoms with van der Waals surface area (Å²) in [5, 5.41) is 25.7. The van der Waals surface area contributed by atoms with Gasteiger partial charge in [0.05, 0.1) is 31.5 Å². The number of anilines is 1. The molecular formula is C11H16N4O6. The monoisotopic (exact) mass is 300 g/mol. The van der Waals surface area contributed by atoms with Crippen molar-refractivity contribution in [1.29, 1.82) is 0 Å². The summed E-state index contributed by atoms with van der Waals surface area (Å²) in [4.78, 5) is 32.9. The molecule has 0 bridgehead atoms. The Labute approximate surface area is 119 Å². The van der Waals surface area contributed by atoms with E-state index >= 15 is 0 Å². The van der Waals surface area contributed by atoms with Crippen molar-refractivity contribution >= 4 is 23.7 Å². The minimum Gasteiger partial charge on any atom is -0.481 e. The Morgan fingerprint density at radius 2 is 2.14 bits per heavy atom. The van der Waals surface area contributed by atoms with Crippen LogP contribution in [0.2, 0.25) is 0 Å². The second kappa shape index (κ2) is 7.85. The number of urea groups is 1. The van der Waals surface area contributed by atoms with Crippen molar-refractivity contribution in [2.24, 2.45) is 0 Å². The van der Waals surface area contributed by atoms with Gasteiger partial charge in [-0.1, -0.05) is 0 Å². The number of carboxylic acids is 2. The summed E-state index contributed by atoms with van der Waals surface area (Å²) in [6, 6.07) is -2.33. The van der Waals surface area contributed by atoms with Crippen molar-refractivity contribution in [3.63, 3.8) is 0 Å². The predicted octanol–water partition coefficient (Wildman–Crippen LogP) is -0.421. The Kier molecular flexibility index (Phi) is 6.14. The number of amides is 2. The number of aromatic nitrogens is 2. The lowest BCUT2D eigenvalue weighted by Crippen LogP contribution is -2.44. The standard InChI is InChI=1S/C11H16N4O6/c1-21-3-2-15-6-7(5-12-15)13-11(20)14-8(10(18)19)4-9(16)17/h5-6,8H,2-4H2,1H3,(H,16,17)(H,18,19)(H2,13,14,20)/t8-/m0/s1. The number of methoxy groups -OCH3 is 1. The second-order valence-corrected chi connectivity index (χ2v) is 4.07. The van der Waals surface area contributed by atoms with Crippen LogP contribution >= 0.6 is 0 Å². The van der Waals surface area contributed by atoms with Crippen molar-refractivity contribution in [1.82, 2.24) is 15.1 Å². The van der Waals surface area contributed by atoms with Crippen LogP contribution in [0.4, 0.5) is 10.5 Å². The van der Waals surface area contributed by atoms with Gasteiger partial charge in [-0.2, -0.15) is 5.10 Å². The van der Waals surface area contributed by atoms with Crippen molar-refractivity contribution in [2.75, 3.05) is 19.0 Å². The first-order chi connectivity index (χ1) is 9.92. The largest absolute Gasteiger partial charge is 0.481 e. The van der Waals surface area contributed by atoms with E-state index in [2.05, 4.69) is 15.7 Å². The maximum atomic E-state index is 11.6. The molecule has 10 nitrogen and oxygen atoms in total. The van der Waals surface area contributed by atoms with Crippen LogP contribution in [-0.4, -0.2) is 57.7 Å². The predicted molar refractivity (Wildman–Crippen MR) is 69.9 cm³/mol. The SMILES string of the molecule is COCCn1cc(NC(=O)N[C@@H](CC(=O)O)C(=O)O)cn1. The number of rotatable bonds is 8. The normalized spacial score (nSPS) is 11.7. The van der Waals surface area contributed by atoms with Crippen LogP contribution in [-0.2, 0) is 20.9 Å². The molecule has 0 fully saturated rings. The highest BCUT2D eigenvalue weighted by atomic mass is 16.5. The van der Waals surface area contributed by atoms with Crippen molar-refractivity contribution in [2.45, 2.75) is 19.0 Å². The average Bonchev–Trinajstić information content (AvgIpc) is 2.82. The van der Waals surface area contributed by atoms with Crippen molar-refractivity contribution in [3.8, 4) is 0 Å². The summed E-state index contributed by atoms with van der Waals surface area (Å²) in [5.74, 6) is -2.75. The van der Waals surface area contributed by atoms with E-state index in [4.69, 9.17) is 14.9 Å². The van der Waals surface area contributed by atoms with Crippen LogP contribution in [0.15, 0.2) is 12.4 Å². The van der Waals surface area contributed by atoms with E-state index in [9.17, 15) is 14.4 Å². The zero-order valence-corrected chi connectivity index (χ0v) is 11.3. The Morgan fingerprint density at radius 1 is 1.43 bits per heavy atom. The Morgan fingerprint density at radius 3 is 2.71 bits per heavy atom. The number of nitrogens with one attached hydrogen (secondary N) is 2. The first-order valence-electron chi connectivity index (χ1n) is 5.96. The lowest BCUT2D eigenvalue weighted by atomic mass is 10.2. The van der Waals surface area contributed by atoms with Crippen LogP contribution in [0.5, 0.6) is 0 Å². The maximum absolute atomic E-state index is 11.6. The Balaban J connectivity index is 2.53. The second-order valence-electron chi connectivity index (χ2n) is 4.07. The zero-order valence-electron chi connectivity index (χ0n) is 11.3. The number of hydrogen-bond donors (Lipinski definition) is 4. The van der Waals surface area contributed by atoms with Crippen LogP contribution in [0, 0.1) is 0 Å². The molecule has 0 radical (unpaired) electrons. The first-order valence-corrected chi connectivity index (χ1v) is 5.96. The number of nitrogens with zero attached hydrogens (tertiary/aromatic N) is 2. The molecule has 0 unspecified atom stereocenters. The maximum Gasteiger partial charge on any atom is 0.326 e. The number of ether oxygens (including phenoxy) is 1. The number of carbonyl (C=O) groups is 3. The molecule has 2 amide bonds. The minimum atomic E-state index is -1.51. The molecule has 1 atom stereocenters. The highest BCUT2D eigenvalue weighted by Crippen LogP contribution is 2.05. The molecule has 0 aliphatic heterocycles. The topological polar surface area (TPSA) is 143 Å². The molecule has 1 rings (SSSR count). The fourth-order valence-corrected chi connectivity index (χ4v) is 1.44. The van der Waals surface area contributed by atoms with Crippen LogP contribution in [0.3, 0.4) is 0 Å². The van der Waals surface area contributed by atoms with Crippen LogP contribution in [0.25, 0.3) is 0 Å². The summed E-state index contributed by atoms with van der Waals surface area (Å²) < 4.78 is 6.40. The van der Waals surface area contributed by atoms with Gasteiger partial charge in [-0.15, -0.1) is 0 Å². The molecule has 0 aromatic carbocycles. The van der Waals surface area contributed by atoms with Gasteiger partial charge in [-0.25, -0.2) is 9.59 Å². The van der Waals surface area contributed by atoms with Crippen LogP contribution < -0.4 is 10.6 Å². The first kappa shape index (κ1) is 16.4. The highest BCUT2D eigenvalue weighted by Gasteiger charge is 2.23. The molecule has 1 aromatic rings. The summed E-state index contributed by atoms with van der Waals surface area (Å²) >= 11 is 0. The third-order valence-electron chi connectivity index (χ3n) is 2.40. The average molecular weight is 300 g/mol. The lowest BCUT2D eigenvalue weighted by molar-refractivity contribution is -0.145. The van der Waals surface area contributed by atoms with Gasteiger partial charge in [0.15, 0.2) is 0 Å². The minimum absolute atomic E-state index is 0.350. The molecule has 1 aromatic heterocycles. The fourth-order valence-electron chi connectivity index (χ4n) is 1.44. The molecule has 21 heavy (non-hydrogen) atoms. The quantitative estimate of drug-likeness (QED) is 0.510. The summed E-state index contributed by atoms with van der Waals surface area (Å²) in [6.45, 7) is 0.948. The molecular weight excluding hydrogens is 284 g/mol.